The lowest BCUT2D eigenvalue weighted by Gasteiger charge is -2.25. The number of aryl methyl sites for hydroxylation is 1. The van der Waals surface area contributed by atoms with Gasteiger partial charge in [0, 0.05) is 57.1 Å². The maximum absolute atomic E-state index is 13.7. The molecule has 13 nitrogen and oxygen atoms in total. The van der Waals surface area contributed by atoms with Crippen LogP contribution in [0.3, 0.4) is 0 Å². The molecule has 3 heterocycles. The standard InChI is InChI=1S/C29H35ClN8O5S/c1-42-25-10-9-23-21-26(25)43-20-6-15-38(44(40,41)27-8-3-2-7-24(27)30)14-5-4-13-35(18-19-36-17-12-31-29(23)36)28(39)11-16-37-22-32-33-34-37/h2-3,7-10,12,17,21-22H,4-6,11,13-16,18-20H2,1H3. The van der Waals surface area contributed by atoms with Gasteiger partial charge in [-0.1, -0.05) is 23.7 Å². The van der Waals surface area contributed by atoms with E-state index < -0.39 is 10.0 Å². The first-order valence-corrected chi connectivity index (χ1v) is 16.2. The maximum Gasteiger partial charge on any atom is 0.244 e. The van der Waals surface area contributed by atoms with E-state index in [1.54, 1.807) is 31.5 Å². The lowest BCUT2D eigenvalue weighted by atomic mass is 10.2. The Balaban J connectivity index is 1.41. The number of imidazole rings is 1. The highest BCUT2D eigenvalue weighted by atomic mass is 35.5. The largest absolute Gasteiger partial charge is 0.493 e. The second-order valence-electron chi connectivity index (χ2n) is 10.3. The fourth-order valence-corrected chi connectivity index (χ4v) is 7.09. The number of rotatable bonds is 6. The lowest BCUT2D eigenvalue weighted by molar-refractivity contribution is -0.131. The summed E-state index contributed by atoms with van der Waals surface area (Å²) >= 11 is 6.31. The van der Waals surface area contributed by atoms with Crippen LogP contribution in [0.15, 0.2) is 66.1 Å². The Hall–Kier alpha value is -4.01. The highest BCUT2D eigenvalue weighted by molar-refractivity contribution is 7.89. The number of fused-ring (bicyclic) bond motifs is 4. The molecule has 1 amide bonds. The zero-order valence-electron chi connectivity index (χ0n) is 24.5. The number of hydrogen-bond acceptors (Lipinski definition) is 9. The van der Waals surface area contributed by atoms with E-state index in [0.717, 1.165) is 11.4 Å². The van der Waals surface area contributed by atoms with Gasteiger partial charge in [-0.05, 0) is 60.0 Å². The normalized spacial score (nSPS) is 15.6. The molecule has 0 saturated heterocycles. The summed E-state index contributed by atoms with van der Waals surface area (Å²) in [6.07, 6.45) is 6.92. The minimum absolute atomic E-state index is 0.0410. The molecule has 0 fully saturated rings. The highest BCUT2D eigenvalue weighted by Gasteiger charge is 2.26. The average Bonchev–Trinajstić information content (AvgIpc) is 3.72. The number of tetrazole rings is 1. The van der Waals surface area contributed by atoms with Crippen LogP contribution in [0.4, 0.5) is 0 Å². The van der Waals surface area contributed by atoms with Crippen molar-refractivity contribution < 1.29 is 22.7 Å². The highest BCUT2D eigenvalue weighted by Crippen LogP contribution is 2.32. The molecule has 1 aliphatic rings. The van der Waals surface area contributed by atoms with Gasteiger partial charge in [0.1, 0.15) is 17.0 Å². The second-order valence-corrected chi connectivity index (χ2v) is 12.6. The van der Waals surface area contributed by atoms with Crippen molar-refractivity contribution in [1.29, 1.82) is 0 Å². The fourth-order valence-electron chi connectivity index (χ4n) is 5.08. The summed E-state index contributed by atoms with van der Waals surface area (Å²) in [6, 6.07) is 12.0. The van der Waals surface area contributed by atoms with Gasteiger partial charge in [-0.2, -0.15) is 4.31 Å². The molecule has 44 heavy (non-hydrogen) atoms. The number of methoxy groups -OCH3 is 1. The minimum Gasteiger partial charge on any atom is -0.493 e. The van der Waals surface area contributed by atoms with Gasteiger partial charge in [0.25, 0.3) is 0 Å². The summed E-state index contributed by atoms with van der Waals surface area (Å²) in [7, 11) is -2.30. The predicted octanol–water partition coefficient (Wildman–Crippen LogP) is 3.37. The van der Waals surface area contributed by atoms with E-state index in [1.807, 2.05) is 33.9 Å². The van der Waals surface area contributed by atoms with Gasteiger partial charge in [-0.15, -0.1) is 5.10 Å². The van der Waals surface area contributed by atoms with Crippen LogP contribution in [0, 0.1) is 0 Å². The summed E-state index contributed by atoms with van der Waals surface area (Å²) in [5.74, 6) is 1.79. The number of amides is 1. The molecule has 15 heteroatoms. The molecule has 0 saturated carbocycles. The molecule has 2 bridgehead atoms. The lowest BCUT2D eigenvalue weighted by Crippen LogP contribution is -2.37. The van der Waals surface area contributed by atoms with Crippen LogP contribution in [0.25, 0.3) is 11.4 Å². The van der Waals surface area contributed by atoms with Gasteiger partial charge in [0.2, 0.25) is 15.9 Å². The molecule has 0 aliphatic carbocycles. The van der Waals surface area contributed by atoms with Gasteiger partial charge < -0.3 is 18.9 Å². The Morgan fingerprint density at radius 1 is 1.05 bits per heavy atom. The Bertz CT molecular complexity index is 1650. The van der Waals surface area contributed by atoms with E-state index in [9.17, 15) is 13.2 Å². The zero-order chi connectivity index (χ0) is 30.9. The molecule has 0 N–H and O–H groups in total. The van der Waals surface area contributed by atoms with Crippen LogP contribution in [0.2, 0.25) is 5.02 Å². The topological polar surface area (TPSA) is 138 Å². The Morgan fingerprint density at radius 3 is 2.66 bits per heavy atom. The number of carbonyl (C=O) groups is 1. The number of nitrogens with zero attached hydrogens (tertiary/aromatic N) is 8. The molecule has 234 valence electrons. The monoisotopic (exact) mass is 642 g/mol. The van der Waals surface area contributed by atoms with Crippen LogP contribution in [-0.2, 0) is 27.9 Å². The molecule has 0 radical (unpaired) electrons. The molecule has 0 unspecified atom stereocenters. The minimum atomic E-state index is -3.87. The molecule has 2 aromatic carbocycles. The van der Waals surface area contributed by atoms with Crippen LogP contribution in [0.5, 0.6) is 11.5 Å². The zero-order valence-corrected chi connectivity index (χ0v) is 26.0. The van der Waals surface area contributed by atoms with Crippen LogP contribution in [0.1, 0.15) is 25.7 Å². The van der Waals surface area contributed by atoms with E-state index >= 15 is 0 Å². The van der Waals surface area contributed by atoms with Crippen molar-refractivity contribution in [2.24, 2.45) is 0 Å². The van der Waals surface area contributed by atoms with E-state index in [4.69, 9.17) is 21.1 Å². The van der Waals surface area contributed by atoms with Crippen molar-refractivity contribution in [3.63, 3.8) is 0 Å². The number of carbonyl (C=O) groups excluding carboxylic acids is 1. The van der Waals surface area contributed by atoms with Gasteiger partial charge in [-0.3, -0.25) is 4.79 Å². The summed E-state index contributed by atoms with van der Waals surface area (Å²) in [5, 5.41) is 11.3. The molecule has 5 rings (SSSR count). The summed E-state index contributed by atoms with van der Waals surface area (Å²) < 4.78 is 44.0. The van der Waals surface area contributed by atoms with Gasteiger partial charge in [0.15, 0.2) is 11.5 Å². The van der Waals surface area contributed by atoms with Crippen molar-refractivity contribution in [3.05, 3.63) is 66.2 Å². The van der Waals surface area contributed by atoms with E-state index in [-0.39, 0.29) is 41.9 Å². The van der Waals surface area contributed by atoms with E-state index in [1.165, 1.54) is 21.4 Å². The SMILES string of the molecule is COc1ccc2cc1OCCCN(S(=O)(=O)c1ccccc1Cl)CCCCN(C(=O)CCn1cnnn1)CCn1ccnc1-2. The third-order valence-electron chi connectivity index (χ3n) is 7.40. The predicted molar refractivity (Wildman–Crippen MR) is 163 cm³/mol. The van der Waals surface area contributed by atoms with Gasteiger partial charge >= 0.3 is 0 Å². The number of hydrogen-bond donors (Lipinski definition) is 0. The van der Waals surface area contributed by atoms with Crippen molar-refractivity contribution in [2.75, 3.05) is 39.9 Å². The quantitative estimate of drug-likeness (QED) is 0.310. The maximum atomic E-state index is 13.7. The Labute approximate surface area is 261 Å². The van der Waals surface area contributed by atoms with Gasteiger partial charge in [0.05, 0.1) is 25.3 Å². The second kappa shape index (κ2) is 14.6. The van der Waals surface area contributed by atoms with Crippen LogP contribution in [-0.4, -0.2) is 93.2 Å². The molecular weight excluding hydrogens is 608 g/mol. The van der Waals surface area contributed by atoms with E-state index in [0.29, 0.717) is 56.9 Å². The fraction of sp³-hybridized carbons (Fsp3) is 0.414. The number of sulfonamides is 1. The third kappa shape index (κ3) is 7.55. The third-order valence-corrected chi connectivity index (χ3v) is 9.79. The van der Waals surface area contributed by atoms with Crippen molar-refractivity contribution in [1.82, 2.24) is 39.0 Å². The van der Waals surface area contributed by atoms with Gasteiger partial charge in [-0.25, -0.2) is 18.1 Å². The first-order valence-electron chi connectivity index (χ1n) is 14.4. The van der Waals surface area contributed by atoms with Crippen LogP contribution >= 0.6 is 11.6 Å². The molecule has 0 atom stereocenters. The Morgan fingerprint density at radius 2 is 1.86 bits per heavy atom. The molecule has 4 aromatic rings. The van der Waals surface area contributed by atoms with Crippen molar-refractivity contribution >= 4 is 27.5 Å². The summed E-state index contributed by atoms with van der Waals surface area (Å²) in [4.78, 5) is 19.8. The first kappa shape index (κ1) is 31.4. The average molecular weight is 643 g/mol. The van der Waals surface area contributed by atoms with Crippen molar-refractivity contribution in [2.45, 2.75) is 43.7 Å². The van der Waals surface area contributed by atoms with E-state index in [2.05, 4.69) is 20.5 Å². The summed E-state index contributed by atoms with van der Waals surface area (Å²) in [5.41, 5.74) is 0.828. The van der Waals surface area contributed by atoms with Crippen LogP contribution < -0.4 is 9.47 Å². The first-order chi connectivity index (χ1) is 21.4. The number of halogens is 1. The molecular formula is C29H35ClN8O5S. The molecule has 2 aromatic heterocycles. The number of benzene rings is 2. The number of ether oxygens (including phenoxy) is 2. The van der Waals surface area contributed by atoms with Crippen molar-refractivity contribution in [3.8, 4) is 22.9 Å². The molecule has 1 aliphatic heterocycles. The smallest absolute Gasteiger partial charge is 0.244 e. The Kier molecular flexibility index (Phi) is 10.5. The molecule has 0 spiro atoms. The number of aromatic nitrogens is 6. The summed E-state index contributed by atoms with van der Waals surface area (Å²) in [6.45, 7) is 2.55.